The Balaban J connectivity index is 1.72. The highest BCUT2D eigenvalue weighted by Gasteiger charge is 2.15. The number of aryl methyl sites for hydroxylation is 1. The van der Waals surface area contributed by atoms with E-state index < -0.39 is 0 Å². The lowest BCUT2D eigenvalue weighted by atomic mass is 10.0. The number of aromatic amines is 1. The van der Waals surface area contributed by atoms with E-state index in [0.717, 1.165) is 29.3 Å². The van der Waals surface area contributed by atoms with Crippen LogP contribution in [-0.4, -0.2) is 22.1 Å². The van der Waals surface area contributed by atoms with Crippen LogP contribution in [0.2, 0.25) is 0 Å². The van der Waals surface area contributed by atoms with Crippen molar-refractivity contribution in [3.8, 4) is 5.88 Å². The molecule has 1 aliphatic rings. The summed E-state index contributed by atoms with van der Waals surface area (Å²) < 4.78 is 5.11. The minimum Gasteiger partial charge on any atom is -0.481 e. The fourth-order valence-corrected chi connectivity index (χ4v) is 2.80. The summed E-state index contributed by atoms with van der Waals surface area (Å²) in [6, 6.07) is 3.84. The van der Waals surface area contributed by atoms with Gasteiger partial charge in [0.05, 0.1) is 12.6 Å². The van der Waals surface area contributed by atoms with Gasteiger partial charge in [-0.05, 0) is 18.4 Å². The third kappa shape index (κ3) is 2.33. The van der Waals surface area contributed by atoms with E-state index >= 15 is 0 Å². The molecule has 1 saturated carbocycles. The molecule has 4 nitrogen and oxygen atoms in total. The summed E-state index contributed by atoms with van der Waals surface area (Å²) in [4.78, 5) is 12.2. The van der Waals surface area contributed by atoms with Gasteiger partial charge < -0.3 is 9.72 Å². The number of nitrogens with one attached hydrogen (secondary N) is 1. The zero-order valence-electron chi connectivity index (χ0n) is 10.8. The number of nitrogens with zero attached hydrogens (tertiary/aromatic N) is 2. The van der Waals surface area contributed by atoms with Crippen molar-refractivity contribution in [1.29, 1.82) is 0 Å². The number of aromatic nitrogens is 3. The molecule has 0 saturated heterocycles. The summed E-state index contributed by atoms with van der Waals surface area (Å²) in [5.74, 6) is 2.58. The van der Waals surface area contributed by atoms with Gasteiger partial charge in [0.15, 0.2) is 5.65 Å². The minimum absolute atomic E-state index is 0.622. The van der Waals surface area contributed by atoms with Gasteiger partial charge in [0.1, 0.15) is 5.82 Å². The highest BCUT2D eigenvalue weighted by molar-refractivity contribution is 5.71. The van der Waals surface area contributed by atoms with E-state index in [-0.39, 0.29) is 0 Å². The van der Waals surface area contributed by atoms with E-state index in [0.29, 0.717) is 5.88 Å². The van der Waals surface area contributed by atoms with Gasteiger partial charge in [-0.3, -0.25) is 0 Å². The van der Waals surface area contributed by atoms with Crippen LogP contribution >= 0.6 is 0 Å². The number of hydrogen-bond donors (Lipinski definition) is 1. The Hall–Kier alpha value is -1.58. The van der Waals surface area contributed by atoms with Gasteiger partial charge in [0, 0.05) is 12.5 Å². The second-order valence-corrected chi connectivity index (χ2v) is 5.10. The summed E-state index contributed by atoms with van der Waals surface area (Å²) in [5.41, 5.74) is 1.76. The normalized spacial score (nSPS) is 16.5. The van der Waals surface area contributed by atoms with Gasteiger partial charge in [0.2, 0.25) is 5.88 Å². The highest BCUT2D eigenvalue weighted by atomic mass is 16.5. The molecule has 0 aromatic carbocycles. The Labute approximate surface area is 107 Å². The molecule has 0 bridgehead atoms. The SMILES string of the molecule is COc1ccc2[nH]c(CCC3CCCC3)nc2n1. The molecule has 0 unspecified atom stereocenters. The van der Waals surface area contributed by atoms with Crippen LogP contribution in [0.5, 0.6) is 5.88 Å². The van der Waals surface area contributed by atoms with Crippen molar-refractivity contribution in [3.63, 3.8) is 0 Å². The molecule has 1 fully saturated rings. The van der Waals surface area contributed by atoms with Crippen LogP contribution in [0.4, 0.5) is 0 Å². The Morgan fingerprint density at radius 2 is 2.11 bits per heavy atom. The molecule has 4 heteroatoms. The lowest BCUT2D eigenvalue weighted by Gasteiger charge is -2.05. The van der Waals surface area contributed by atoms with Crippen molar-refractivity contribution in [2.24, 2.45) is 5.92 Å². The summed E-state index contributed by atoms with van der Waals surface area (Å²) in [5, 5.41) is 0. The van der Waals surface area contributed by atoms with Crippen molar-refractivity contribution in [1.82, 2.24) is 15.0 Å². The molecule has 2 aromatic heterocycles. The largest absolute Gasteiger partial charge is 0.481 e. The van der Waals surface area contributed by atoms with Crippen LogP contribution < -0.4 is 4.74 Å². The molecular formula is C14H19N3O. The number of fused-ring (bicyclic) bond motifs is 1. The number of rotatable bonds is 4. The maximum Gasteiger partial charge on any atom is 0.215 e. The molecule has 0 atom stereocenters. The third-order valence-corrected chi connectivity index (χ3v) is 3.84. The fourth-order valence-electron chi connectivity index (χ4n) is 2.80. The average molecular weight is 245 g/mol. The van der Waals surface area contributed by atoms with Gasteiger partial charge in [-0.2, -0.15) is 4.98 Å². The van der Waals surface area contributed by atoms with Crippen molar-refractivity contribution in [2.75, 3.05) is 7.11 Å². The summed E-state index contributed by atoms with van der Waals surface area (Å²) in [6.07, 6.45) is 7.88. The molecular weight excluding hydrogens is 226 g/mol. The van der Waals surface area contributed by atoms with Crippen LogP contribution in [0.15, 0.2) is 12.1 Å². The van der Waals surface area contributed by atoms with E-state index in [2.05, 4.69) is 15.0 Å². The lowest BCUT2D eigenvalue weighted by Crippen LogP contribution is -1.97. The Kier molecular flexibility index (Phi) is 3.17. The molecule has 2 aromatic rings. The second kappa shape index (κ2) is 4.96. The number of H-pyrrole nitrogens is 1. The predicted molar refractivity (Wildman–Crippen MR) is 70.7 cm³/mol. The summed E-state index contributed by atoms with van der Waals surface area (Å²) in [7, 11) is 1.63. The van der Waals surface area contributed by atoms with Crippen LogP contribution in [0.25, 0.3) is 11.2 Å². The summed E-state index contributed by atoms with van der Waals surface area (Å²) in [6.45, 7) is 0. The molecule has 0 amide bonds. The van der Waals surface area contributed by atoms with Gasteiger partial charge in [-0.25, -0.2) is 4.98 Å². The molecule has 96 valence electrons. The Morgan fingerprint density at radius 3 is 2.89 bits per heavy atom. The third-order valence-electron chi connectivity index (χ3n) is 3.84. The van der Waals surface area contributed by atoms with Gasteiger partial charge in [-0.1, -0.05) is 25.7 Å². The van der Waals surface area contributed by atoms with Crippen LogP contribution in [0.3, 0.4) is 0 Å². The number of methoxy groups -OCH3 is 1. The standard InChI is InChI=1S/C14H19N3O/c1-18-13-9-7-11-14(17-13)16-12(15-11)8-6-10-4-2-3-5-10/h7,9-10H,2-6,8H2,1H3,(H,15,16,17). The molecule has 0 aliphatic heterocycles. The maximum absolute atomic E-state index is 5.11. The second-order valence-electron chi connectivity index (χ2n) is 5.10. The molecule has 0 spiro atoms. The van der Waals surface area contributed by atoms with Gasteiger partial charge in [0.25, 0.3) is 0 Å². The van der Waals surface area contributed by atoms with Crippen LogP contribution in [0, 0.1) is 5.92 Å². The first kappa shape index (κ1) is 11.5. The van der Waals surface area contributed by atoms with Crippen LogP contribution in [-0.2, 0) is 6.42 Å². The Morgan fingerprint density at radius 1 is 1.28 bits per heavy atom. The van der Waals surface area contributed by atoms with Gasteiger partial charge in [-0.15, -0.1) is 0 Å². The van der Waals surface area contributed by atoms with E-state index in [1.54, 1.807) is 7.11 Å². The average Bonchev–Trinajstić information content (AvgIpc) is 3.04. The van der Waals surface area contributed by atoms with Crippen molar-refractivity contribution in [2.45, 2.75) is 38.5 Å². The summed E-state index contributed by atoms with van der Waals surface area (Å²) >= 11 is 0. The first-order valence-corrected chi connectivity index (χ1v) is 6.75. The zero-order chi connectivity index (χ0) is 12.4. The van der Waals surface area contributed by atoms with E-state index in [9.17, 15) is 0 Å². The number of pyridine rings is 1. The van der Waals surface area contributed by atoms with E-state index in [1.165, 1.54) is 32.1 Å². The van der Waals surface area contributed by atoms with Crippen molar-refractivity contribution in [3.05, 3.63) is 18.0 Å². The zero-order valence-corrected chi connectivity index (χ0v) is 10.8. The molecule has 1 aliphatic carbocycles. The molecule has 0 radical (unpaired) electrons. The van der Waals surface area contributed by atoms with Crippen molar-refractivity contribution < 1.29 is 4.74 Å². The molecule has 2 heterocycles. The number of hydrogen-bond acceptors (Lipinski definition) is 3. The highest BCUT2D eigenvalue weighted by Crippen LogP contribution is 2.28. The molecule has 3 rings (SSSR count). The van der Waals surface area contributed by atoms with Gasteiger partial charge >= 0.3 is 0 Å². The predicted octanol–water partition coefficient (Wildman–Crippen LogP) is 3.09. The minimum atomic E-state index is 0.622. The quantitative estimate of drug-likeness (QED) is 0.900. The van der Waals surface area contributed by atoms with E-state index in [4.69, 9.17) is 4.74 Å². The number of ether oxygens (including phenoxy) is 1. The van der Waals surface area contributed by atoms with E-state index in [1.807, 2.05) is 12.1 Å². The first-order valence-electron chi connectivity index (χ1n) is 6.75. The first-order chi connectivity index (χ1) is 8.85. The van der Waals surface area contributed by atoms with Crippen LogP contribution in [0.1, 0.15) is 37.9 Å². The smallest absolute Gasteiger partial charge is 0.215 e. The molecule has 1 N–H and O–H groups in total. The fraction of sp³-hybridized carbons (Fsp3) is 0.571. The topological polar surface area (TPSA) is 50.8 Å². The maximum atomic E-state index is 5.11. The lowest BCUT2D eigenvalue weighted by molar-refractivity contribution is 0.399. The Bertz CT molecular complexity index is 529. The van der Waals surface area contributed by atoms with Crippen molar-refractivity contribution >= 4 is 11.2 Å². The monoisotopic (exact) mass is 245 g/mol. The molecule has 18 heavy (non-hydrogen) atoms. The number of imidazole rings is 1.